The summed E-state index contributed by atoms with van der Waals surface area (Å²) in [4.78, 5) is 12.4. The largest absolute Gasteiger partial charge is 0.394 e. The Labute approximate surface area is 111 Å². The second-order valence-electron chi connectivity index (χ2n) is 7.38. The van der Waals surface area contributed by atoms with Crippen molar-refractivity contribution < 1.29 is 9.90 Å². The minimum Gasteiger partial charge on any atom is -0.394 e. The average Bonchev–Trinajstić information content (AvgIpc) is 2.37. The highest BCUT2D eigenvalue weighted by Crippen LogP contribution is 2.39. The van der Waals surface area contributed by atoms with Gasteiger partial charge in [-0.05, 0) is 44.4 Å². The molecule has 0 heterocycles. The first kappa shape index (κ1) is 15.5. The van der Waals surface area contributed by atoms with E-state index in [-0.39, 0.29) is 23.8 Å². The fourth-order valence-corrected chi connectivity index (χ4v) is 2.82. The van der Waals surface area contributed by atoms with Crippen LogP contribution in [0.3, 0.4) is 0 Å². The van der Waals surface area contributed by atoms with E-state index in [0.717, 1.165) is 12.8 Å². The van der Waals surface area contributed by atoms with Crippen LogP contribution in [0.4, 0.5) is 0 Å². The lowest BCUT2D eigenvalue weighted by atomic mass is 9.78. The Morgan fingerprint density at radius 1 is 1.44 bits per heavy atom. The first-order valence-electron chi connectivity index (χ1n) is 7.10. The molecule has 2 unspecified atom stereocenters. The Balaban J connectivity index is 2.75. The van der Waals surface area contributed by atoms with Crippen LogP contribution in [0.5, 0.6) is 0 Å². The number of rotatable bonds is 3. The third-order valence-corrected chi connectivity index (χ3v) is 4.17. The van der Waals surface area contributed by atoms with Crippen LogP contribution in [0, 0.1) is 17.3 Å². The SMILES string of the molecule is CC1CCCC(C)(C)CC1C(=O)NC(C)(C)CO. The maximum absolute atomic E-state index is 12.4. The van der Waals surface area contributed by atoms with Gasteiger partial charge in [0, 0.05) is 5.92 Å². The first-order chi connectivity index (χ1) is 8.17. The summed E-state index contributed by atoms with van der Waals surface area (Å²) in [6.07, 6.45) is 4.48. The molecule has 3 nitrogen and oxygen atoms in total. The van der Waals surface area contributed by atoms with E-state index in [9.17, 15) is 9.90 Å². The predicted octanol–water partition coefficient (Wildman–Crippen LogP) is 2.73. The van der Waals surface area contributed by atoms with Crippen LogP contribution in [0.25, 0.3) is 0 Å². The summed E-state index contributed by atoms with van der Waals surface area (Å²) in [6, 6.07) is 0. The Morgan fingerprint density at radius 2 is 2.06 bits per heavy atom. The molecule has 0 bridgehead atoms. The molecule has 0 aromatic carbocycles. The molecule has 0 aromatic heterocycles. The summed E-state index contributed by atoms with van der Waals surface area (Å²) < 4.78 is 0. The van der Waals surface area contributed by atoms with Crippen molar-refractivity contribution in [3.8, 4) is 0 Å². The van der Waals surface area contributed by atoms with E-state index in [2.05, 4.69) is 26.1 Å². The number of aliphatic hydroxyl groups is 1. The van der Waals surface area contributed by atoms with Gasteiger partial charge in [0.1, 0.15) is 0 Å². The molecule has 0 aromatic rings. The third kappa shape index (κ3) is 4.27. The quantitative estimate of drug-likeness (QED) is 0.762. The number of carbonyl (C=O) groups is 1. The molecule has 1 rings (SSSR count). The van der Waals surface area contributed by atoms with Crippen molar-refractivity contribution in [3.05, 3.63) is 0 Å². The molecule has 1 fully saturated rings. The highest BCUT2D eigenvalue weighted by atomic mass is 16.3. The van der Waals surface area contributed by atoms with Gasteiger partial charge >= 0.3 is 0 Å². The standard InChI is InChI=1S/C15H29NO2/c1-11-7-6-8-14(2,3)9-12(11)13(18)16-15(4,5)10-17/h11-12,17H,6-10H2,1-5H3,(H,16,18). The zero-order valence-corrected chi connectivity index (χ0v) is 12.5. The van der Waals surface area contributed by atoms with Crippen LogP contribution in [0.2, 0.25) is 0 Å². The number of carbonyl (C=O) groups excluding carboxylic acids is 1. The summed E-state index contributed by atoms with van der Waals surface area (Å²) >= 11 is 0. The van der Waals surface area contributed by atoms with Gasteiger partial charge in [0.25, 0.3) is 0 Å². The summed E-state index contributed by atoms with van der Waals surface area (Å²) in [7, 11) is 0. The predicted molar refractivity (Wildman–Crippen MR) is 74.2 cm³/mol. The Kier molecular flexibility index (Phi) is 4.82. The van der Waals surface area contributed by atoms with Crippen molar-refractivity contribution in [2.24, 2.45) is 17.3 Å². The van der Waals surface area contributed by atoms with Crippen LogP contribution >= 0.6 is 0 Å². The fourth-order valence-electron chi connectivity index (χ4n) is 2.82. The van der Waals surface area contributed by atoms with E-state index in [4.69, 9.17) is 0 Å². The fraction of sp³-hybridized carbons (Fsp3) is 0.933. The van der Waals surface area contributed by atoms with Gasteiger partial charge in [0.2, 0.25) is 5.91 Å². The topological polar surface area (TPSA) is 49.3 Å². The van der Waals surface area contributed by atoms with Gasteiger partial charge in [-0.15, -0.1) is 0 Å². The molecule has 1 aliphatic carbocycles. The maximum atomic E-state index is 12.4. The van der Waals surface area contributed by atoms with Crippen molar-refractivity contribution in [3.63, 3.8) is 0 Å². The molecular weight excluding hydrogens is 226 g/mol. The molecule has 18 heavy (non-hydrogen) atoms. The minimum atomic E-state index is -0.521. The Bertz CT molecular complexity index is 297. The van der Waals surface area contributed by atoms with E-state index >= 15 is 0 Å². The zero-order valence-electron chi connectivity index (χ0n) is 12.5. The molecule has 1 saturated carbocycles. The third-order valence-electron chi connectivity index (χ3n) is 4.17. The van der Waals surface area contributed by atoms with Crippen molar-refractivity contribution in [2.45, 2.75) is 65.8 Å². The molecule has 0 saturated heterocycles. The van der Waals surface area contributed by atoms with Gasteiger partial charge in [-0.25, -0.2) is 0 Å². The molecule has 2 N–H and O–H groups in total. The van der Waals surface area contributed by atoms with Crippen LogP contribution in [-0.2, 0) is 4.79 Å². The van der Waals surface area contributed by atoms with Gasteiger partial charge in [-0.2, -0.15) is 0 Å². The van der Waals surface area contributed by atoms with Crippen LogP contribution in [-0.4, -0.2) is 23.2 Å². The smallest absolute Gasteiger partial charge is 0.223 e. The molecule has 0 radical (unpaired) electrons. The highest BCUT2D eigenvalue weighted by Gasteiger charge is 2.36. The van der Waals surface area contributed by atoms with Gasteiger partial charge < -0.3 is 10.4 Å². The second-order valence-corrected chi connectivity index (χ2v) is 7.38. The molecule has 1 aliphatic rings. The maximum Gasteiger partial charge on any atom is 0.223 e. The Morgan fingerprint density at radius 3 is 2.61 bits per heavy atom. The normalized spacial score (nSPS) is 28.6. The monoisotopic (exact) mass is 255 g/mol. The molecule has 106 valence electrons. The second kappa shape index (κ2) is 5.60. The highest BCUT2D eigenvalue weighted by molar-refractivity contribution is 5.79. The lowest BCUT2D eigenvalue weighted by Gasteiger charge is -2.31. The number of amides is 1. The average molecular weight is 255 g/mol. The van der Waals surface area contributed by atoms with Crippen molar-refractivity contribution in [1.29, 1.82) is 0 Å². The van der Waals surface area contributed by atoms with Crippen molar-refractivity contribution >= 4 is 5.91 Å². The van der Waals surface area contributed by atoms with E-state index in [0.29, 0.717) is 5.92 Å². The van der Waals surface area contributed by atoms with E-state index < -0.39 is 5.54 Å². The molecule has 0 aliphatic heterocycles. The molecule has 1 amide bonds. The first-order valence-corrected chi connectivity index (χ1v) is 7.10. The number of nitrogens with one attached hydrogen (secondary N) is 1. The zero-order chi connectivity index (χ0) is 14.0. The van der Waals surface area contributed by atoms with Crippen LogP contribution in [0.1, 0.15) is 60.3 Å². The lowest BCUT2D eigenvalue weighted by Crippen LogP contribution is -2.50. The number of hydrogen-bond acceptors (Lipinski definition) is 2. The van der Waals surface area contributed by atoms with Gasteiger partial charge in [-0.1, -0.05) is 27.2 Å². The number of aliphatic hydroxyl groups excluding tert-OH is 1. The van der Waals surface area contributed by atoms with Gasteiger partial charge in [0.05, 0.1) is 12.1 Å². The summed E-state index contributed by atoms with van der Waals surface area (Å²) in [5, 5.41) is 12.2. The summed E-state index contributed by atoms with van der Waals surface area (Å²) in [5.74, 6) is 0.617. The Hall–Kier alpha value is -0.570. The molecule has 2 atom stereocenters. The van der Waals surface area contributed by atoms with E-state index in [1.54, 1.807) is 0 Å². The molecule has 0 spiro atoms. The van der Waals surface area contributed by atoms with Crippen molar-refractivity contribution in [1.82, 2.24) is 5.32 Å². The van der Waals surface area contributed by atoms with Crippen molar-refractivity contribution in [2.75, 3.05) is 6.61 Å². The minimum absolute atomic E-state index is 0.0246. The molecular formula is C15H29NO2. The van der Waals surface area contributed by atoms with Gasteiger partial charge in [-0.3, -0.25) is 4.79 Å². The lowest BCUT2D eigenvalue weighted by molar-refractivity contribution is -0.129. The van der Waals surface area contributed by atoms with Crippen LogP contribution in [0.15, 0.2) is 0 Å². The van der Waals surface area contributed by atoms with Crippen LogP contribution < -0.4 is 5.32 Å². The number of hydrogen-bond donors (Lipinski definition) is 2. The van der Waals surface area contributed by atoms with E-state index in [1.165, 1.54) is 12.8 Å². The van der Waals surface area contributed by atoms with Gasteiger partial charge in [0.15, 0.2) is 0 Å². The summed E-state index contributed by atoms with van der Waals surface area (Å²) in [6.45, 7) is 10.4. The summed E-state index contributed by atoms with van der Waals surface area (Å²) in [5.41, 5.74) is -0.274. The molecule has 3 heteroatoms. The van der Waals surface area contributed by atoms with E-state index in [1.807, 2.05) is 13.8 Å².